The summed E-state index contributed by atoms with van der Waals surface area (Å²) in [6.45, 7) is 1.24. The molecule has 0 radical (unpaired) electrons. The van der Waals surface area contributed by atoms with Gasteiger partial charge in [-0.25, -0.2) is 4.98 Å². The van der Waals surface area contributed by atoms with E-state index in [4.69, 9.17) is 9.47 Å². The van der Waals surface area contributed by atoms with E-state index in [-0.39, 0.29) is 6.04 Å². The van der Waals surface area contributed by atoms with Crippen LogP contribution in [0.4, 0.5) is 24.7 Å². The van der Waals surface area contributed by atoms with Crippen LogP contribution < -0.4 is 19.7 Å². The molecule has 1 aromatic heterocycles. The van der Waals surface area contributed by atoms with Crippen molar-refractivity contribution in [3.8, 4) is 11.5 Å². The van der Waals surface area contributed by atoms with E-state index >= 15 is 0 Å². The second-order valence-corrected chi connectivity index (χ2v) is 6.41. The van der Waals surface area contributed by atoms with Gasteiger partial charge in [0, 0.05) is 43.0 Å². The molecule has 5 nitrogen and oxygen atoms in total. The Morgan fingerprint density at radius 2 is 1.81 bits per heavy atom. The number of alkyl halides is 3. The number of benzene rings is 1. The summed E-state index contributed by atoms with van der Waals surface area (Å²) in [6, 6.07) is 9.60. The van der Waals surface area contributed by atoms with E-state index in [1.807, 2.05) is 17.0 Å². The second kappa shape index (κ2) is 7.94. The van der Waals surface area contributed by atoms with Crippen molar-refractivity contribution < 1.29 is 22.6 Å². The van der Waals surface area contributed by atoms with Gasteiger partial charge in [-0.15, -0.1) is 0 Å². The number of piperidine rings is 1. The number of anilines is 2. The maximum atomic E-state index is 12.9. The molecule has 1 saturated heterocycles. The van der Waals surface area contributed by atoms with Gasteiger partial charge in [-0.1, -0.05) is 6.07 Å². The largest absolute Gasteiger partial charge is 0.497 e. The number of hydrogen-bond acceptors (Lipinski definition) is 5. The number of ether oxygens (including phenoxy) is 2. The Kier molecular flexibility index (Phi) is 5.62. The molecule has 1 atom stereocenters. The number of aromatic nitrogens is 1. The number of rotatable bonds is 5. The zero-order valence-corrected chi connectivity index (χ0v) is 15.2. The van der Waals surface area contributed by atoms with Gasteiger partial charge >= 0.3 is 6.18 Å². The van der Waals surface area contributed by atoms with Crippen molar-refractivity contribution in [2.24, 2.45) is 0 Å². The highest BCUT2D eigenvalue weighted by molar-refractivity contribution is 5.55. The highest BCUT2D eigenvalue weighted by Gasteiger charge is 2.33. The number of halogens is 3. The van der Waals surface area contributed by atoms with Gasteiger partial charge in [-0.3, -0.25) is 0 Å². The Bertz CT molecular complexity index is 761. The summed E-state index contributed by atoms with van der Waals surface area (Å²) in [6.07, 6.45) is -2.67. The molecule has 3 rings (SSSR count). The van der Waals surface area contributed by atoms with Crippen LogP contribution in [-0.2, 0) is 6.18 Å². The van der Waals surface area contributed by atoms with Crippen LogP contribution in [0.25, 0.3) is 0 Å². The fourth-order valence-electron chi connectivity index (χ4n) is 3.19. The molecule has 0 amide bonds. The topological polar surface area (TPSA) is 46.6 Å². The molecule has 8 heteroatoms. The maximum Gasteiger partial charge on any atom is 0.433 e. The lowest BCUT2D eigenvalue weighted by Crippen LogP contribution is -2.42. The first-order chi connectivity index (χ1) is 12.9. The summed E-state index contributed by atoms with van der Waals surface area (Å²) in [5.74, 6) is 1.69. The molecule has 1 aromatic carbocycles. The van der Waals surface area contributed by atoms with E-state index < -0.39 is 11.9 Å². The predicted molar refractivity (Wildman–Crippen MR) is 97.6 cm³/mol. The molecule has 27 heavy (non-hydrogen) atoms. The van der Waals surface area contributed by atoms with Gasteiger partial charge in [-0.2, -0.15) is 13.2 Å². The Morgan fingerprint density at radius 1 is 1.11 bits per heavy atom. The minimum absolute atomic E-state index is 0.0758. The first kappa shape index (κ1) is 19.1. The molecule has 0 aliphatic carbocycles. The molecule has 1 fully saturated rings. The standard InChI is InChI=1S/C19H22F3N3O2/c1-26-15-9-14(10-16(11-15)27-2)23-13-5-4-8-25(12-13)18-7-3-6-17(24-18)19(20,21)22/h3,6-7,9-11,13,23H,4-5,8,12H2,1-2H3. The van der Waals surface area contributed by atoms with Gasteiger partial charge in [0.1, 0.15) is 23.0 Å². The van der Waals surface area contributed by atoms with Gasteiger partial charge in [0.15, 0.2) is 0 Å². The van der Waals surface area contributed by atoms with Crippen LogP contribution in [0.2, 0.25) is 0 Å². The normalized spacial score (nSPS) is 17.5. The lowest BCUT2D eigenvalue weighted by molar-refractivity contribution is -0.141. The van der Waals surface area contributed by atoms with Crippen LogP contribution in [0, 0.1) is 0 Å². The van der Waals surface area contributed by atoms with Crippen LogP contribution in [0.3, 0.4) is 0 Å². The Morgan fingerprint density at radius 3 is 2.44 bits per heavy atom. The van der Waals surface area contributed by atoms with E-state index in [1.54, 1.807) is 26.4 Å². The maximum absolute atomic E-state index is 12.9. The molecule has 2 aromatic rings. The highest BCUT2D eigenvalue weighted by atomic mass is 19.4. The van der Waals surface area contributed by atoms with Crippen molar-refractivity contribution >= 4 is 11.5 Å². The van der Waals surface area contributed by atoms with Gasteiger partial charge < -0.3 is 19.7 Å². The molecule has 1 unspecified atom stereocenters. The molecular weight excluding hydrogens is 359 g/mol. The fourth-order valence-corrected chi connectivity index (χ4v) is 3.19. The number of hydrogen-bond donors (Lipinski definition) is 1. The Balaban J connectivity index is 1.73. The number of methoxy groups -OCH3 is 2. The summed E-state index contributed by atoms with van der Waals surface area (Å²) >= 11 is 0. The predicted octanol–water partition coefficient (Wildman–Crippen LogP) is 4.20. The zero-order valence-electron chi connectivity index (χ0n) is 15.2. The van der Waals surface area contributed by atoms with Gasteiger partial charge in [0.25, 0.3) is 0 Å². The third kappa shape index (κ3) is 4.75. The van der Waals surface area contributed by atoms with Crippen molar-refractivity contribution in [3.05, 3.63) is 42.1 Å². The third-order valence-electron chi connectivity index (χ3n) is 4.49. The quantitative estimate of drug-likeness (QED) is 0.841. The molecule has 146 valence electrons. The summed E-state index contributed by atoms with van der Waals surface area (Å²) in [4.78, 5) is 5.68. The molecular formula is C19H22F3N3O2. The van der Waals surface area contributed by atoms with E-state index in [0.717, 1.165) is 24.6 Å². The first-order valence-electron chi connectivity index (χ1n) is 8.68. The number of nitrogens with one attached hydrogen (secondary N) is 1. The van der Waals surface area contributed by atoms with E-state index in [1.165, 1.54) is 6.07 Å². The highest BCUT2D eigenvalue weighted by Crippen LogP contribution is 2.30. The smallest absolute Gasteiger partial charge is 0.433 e. The van der Waals surface area contributed by atoms with Crippen LogP contribution in [0.5, 0.6) is 11.5 Å². The fraction of sp³-hybridized carbons (Fsp3) is 0.421. The SMILES string of the molecule is COc1cc(NC2CCCN(c3cccc(C(F)(F)F)n3)C2)cc(OC)c1. The number of nitrogens with zero attached hydrogens (tertiary/aromatic N) is 2. The Hall–Kier alpha value is -2.64. The number of pyridine rings is 1. The van der Waals surface area contributed by atoms with E-state index in [2.05, 4.69) is 10.3 Å². The second-order valence-electron chi connectivity index (χ2n) is 6.41. The molecule has 0 saturated carbocycles. The van der Waals surface area contributed by atoms with Crippen LogP contribution in [0.1, 0.15) is 18.5 Å². The summed E-state index contributed by atoms with van der Waals surface area (Å²) in [7, 11) is 3.17. The molecule has 0 bridgehead atoms. The molecule has 2 heterocycles. The lowest BCUT2D eigenvalue weighted by atomic mass is 10.0. The van der Waals surface area contributed by atoms with Gasteiger partial charge in [-0.05, 0) is 25.0 Å². The van der Waals surface area contributed by atoms with E-state index in [0.29, 0.717) is 30.4 Å². The van der Waals surface area contributed by atoms with Crippen molar-refractivity contribution in [1.29, 1.82) is 0 Å². The summed E-state index contributed by atoms with van der Waals surface area (Å²) < 4.78 is 49.3. The van der Waals surface area contributed by atoms with E-state index in [9.17, 15) is 13.2 Å². The Labute approximate surface area is 156 Å². The van der Waals surface area contributed by atoms with Gasteiger partial charge in [0.2, 0.25) is 0 Å². The van der Waals surface area contributed by atoms with Crippen LogP contribution >= 0.6 is 0 Å². The van der Waals surface area contributed by atoms with Crippen LogP contribution in [-0.4, -0.2) is 38.3 Å². The summed E-state index contributed by atoms with van der Waals surface area (Å²) in [5, 5.41) is 3.42. The van der Waals surface area contributed by atoms with Crippen LogP contribution in [0.15, 0.2) is 36.4 Å². The molecule has 0 spiro atoms. The lowest BCUT2D eigenvalue weighted by Gasteiger charge is -2.34. The third-order valence-corrected chi connectivity index (χ3v) is 4.49. The molecule has 1 aliphatic rings. The van der Waals surface area contributed by atoms with Crippen molar-refractivity contribution in [2.45, 2.75) is 25.1 Å². The average molecular weight is 381 g/mol. The average Bonchev–Trinajstić information content (AvgIpc) is 2.67. The van der Waals surface area contributed by atoms with Crippen molar-refractivity contribution in [2.75, 3.05) is 37.5 Å². The van der Waals surface area contributed by atoms with Crippen molar-refractivity contribution in [3.63, 3.8) is 0 Å². The monoisotopic (exact) mass is 381 g/mol. The molecule has 1 aliphatic heterocycles. The minimum atomic E-state index is -4.44. The van der Waals surface area contributed by atoms with Gasteiger partial charge in [0.05, 0.1) is 14.2 Å². The molecule has 1 N–H and O–H groups in total. The zero-order chi connectivity index (χ0) is 19.4. The van der Waals surface area contributed by atoms with Crippen molar-refractivity contribution in [1.82, 2.24) is 4.98 Å². The minimum Gasteiger partial charge on any atom is -0.497 e. The summed E-state index contributed by atoms with van der Waals surface area (Å²) in [5.41, 5.74) is -0.0253. The first-order valence-corrected chi connectivity index (χ1v) is 8.68.